The molecule has 3 rings (SSSR count). The molecule has 0 aliphatic carbocycles. The second-order valence-corrected chi connectivity index (χ2v) is 6.53. The minimum atomic E-state index is -0.0337. The minimum absolute atomic E-state index is 0.0337. The van der Waals surface area contributed by atoms with Gasteiger partial charge in [0.2, 0.25) is 0 Å². The van der Waals surface area contributed by atoms with Gasteiger partial charge in [0, 0.05) is 16.8 Å². The lowest BCUT2D eigenvalue weighted by Gasteiger charge is -2.37. The molecule has 0 bridgehead atoms. The number of aliphatic hydroxyl groups excluding tert-OH is 1. The van der Waals surface area contributed by atoms with E-state index in [1.165, 1.54) is 22.5 Å². The summed E-state index contributed by atoms with van der Waals surface area (Å²) in [6, 6.07) is 0. The Balaban J connectivity index is 2.45. The third-order valence-electron chi connectivity index (χ3n) is 5.20. The summed E-state index contributed by atoms with van der Waals surface area (Å²) < 4.78 is 0. The summed E-state index contributed by atoms with van der Waals surface area (Å²) in [7, 11) is 0. The SMILES string of the molecule is CC1=C(C)C2=C(C)C(C)(C)C3=C(C)C(C)=C(O)C(=N1)N23. The van der Waals surface area contributed by atoms with Crippen LogP contribution < -0.4 is 0 Å². The van der Waals surface area contributed by atoms with Gasteiger partial charge in [-0.05, 0) is 56.9 Å². The first-order chi connectivity index (χ1) is 9.19. The summed E-state index contributed by atoms with van der Waals surface area (Å²) in [4.78, 5) is 6.80. The van der Waals surface area contributed by atoms with Crippen LogP contribution >= 0.6 is 0 Å². The van der Waals surface area contributed by atoms with E-state index in [2.05, 4.69) is 44.5 Å². The van der Waals surface area contributed by atoms with E-state index in [4.69, 9.17) is 0 Å². The number of aliphatic imine (C=N–C) groups is 1. The molecule has 0 aromatic heterocycles. The number of allylic oxidation sites excluding steroid dienone is 5. The topological polar surface area (TPSA) is 35.8 Å². The van der Waals surface area contributed by atoms with Gasteiger partial charge in [-0.2, -0.15) is 0 Å². The van der Waals surface area contributed by atoms with Crippen LogP contribution in [0.15, 0.2) is 50.1 Å². The van der Waals surface area contributed by atoms with Gasteiger partial charge in [0.15, 0.2) is 11.6 Å². The van der Waals surface area contributed by atoms with Crippen molar-refractivity contribution in [1.82, 2.24) is 4.90 Å². The maximum absolute atomic E-state index is 10.5. The smallest absolute Gasteiger partial charge is 0.180 e. The van der Waals surface area contributed by atoms with Crippen LogP contribution in [-0.4, -0.2) is 15.8 Å². The van der Waals surface area contributed by atoms with E-state index < -0.39 is 0 Å². The number of nitrogens with zero attached hydrogens (tertiary/aromatic N) is 2. The molecule has 0 atom stereocenters. The van der Waals surface area contributed by atoms with Gasteiger partial charge >= 0.3 is 0 Å². The van der Waals surface area contributed by atoms with Gasteiger partial charge in [-0.1, -0.05) is 13.8 Å². The average Bonchev–Trinajstić information content (AvgIpc) is 2.58. The maximum atomic E-state index is 10.5. The second kappa shape index (κ2) is 3.66. The highest BCUT2D eigenvalue weighted by molar-refractivity contribution is 6.04. The zero-order chi connectivity index (χ0) is 15.0. The fourth-order valence-corrected chi connectivity index (χ4v) is 3.48. The maximum Gasteiger partial charge on any atom is 0.180 e. The molecule has 0 unspecified atom stereocenters. The fourth-order valence-electron chi connectivity index (χ4n) is 3.48. The summed E-state index contributed by atoms with van der Waals surface area (Å²) in [5.41, 5.74) is 8.07. The van der Waals surface area contributed by atoms with Crippen molar-refractivity contribution in [3.8, 4) is 0 Å². The van der Waals surface area contributed by atoms with Crippen molar-refractivity contribution in [2.45, 2.75) is 48.5 Å². The lowest BCUT2D eigenvalue weighted by Crippen LogP contribution is -2.37. The van der Waals surface area contributed by atoms with Gasteiger partial charge in [0.25, 0.3) is 0 Å². The van der Waals surface area contributed by atoms with Crippen molar-refractivity contribution in [3.63, 3.8) is 0 Å². The number of hydrogen-bond acceptors (Lipinski definition) is 3. The Hall–Kier alpha value is -1.77. The highest BCUT2D eigenvalue weighted by Gasteiger charge is 2.48. The standard InChI is InChI=1S/C17H22N2O/c1-8-9(2)15-17(6,7)11(4)13-10(3)12(5)18-16(14(8)20)19(13)15/h20H,1-7H3. The van der Waals surface area contributed by atoms with Crippen molar-refractivity contribution >= 4 is 5.84 Å². The van der Waals surface area contributed by atoms with Gasteiger partial charge in [0.05, 0.1) is 5.70 Å². The predicted molar refractivity (Wildman–Crippen MR) is 82.2 cm³/mol. The first-order valence-corrected chi connectivity index (χ1v) is 7.09. The Morgan fingerprint density at radius 1 is 0.950 bits per heavy atom. The van der Waals surface area contributed by atoms with Gasteiger partial charge in [0.1, 0.15) is 0 Å². The van der Waals surface area contributed by atoms with Crippen LogP contribution in [-0.2, 0) is 0 Å². The highest BCUT2D eigenvalue weighted by atomic mass is 16.3. The summed E-state index contributed by atoms with van der Waals surface area (Å²) >= 11 is 0. The molecule has 3 nitrogen and oxygen atoms in total. The summed E-state index contributed by atoms with van der Waals surface area (Å²) in [5, 5.41) is 10.5. The minimum Gasteiger partial charge on any atom is -0.504 e. The zero-order valence-corrected chi connectivity index (χ0v) is 13.3. The molecule has 0 radical (unpaired) electrons. The zero-order valence-electron chi connectivity index (χ0n) is 13.3. The Morgan fingerprint density at radius 3 is 2.15 bits per heavy atom. The van der Waals surface area contributed by atoms with Crippen LogP contribution in [0.3, 0.4) is 0 Å². The molecular formula is C17H22N2O. The van der Waals surface area contributed by atoms with Gasteiger partial charge < -0.3 is 5.11 Å². The van der Waals surface area contributed by atoms with Crippen LogP contribution in [0.1, 0.15) is 48.5 Å². The normalized spacial score (nSPS) is 24.8. The van der Waals surface area contributed by atoms with Gasteiger partial charge in [-0.3, -0.25) is 4.90 Å². The summed E-state index contributed by atoms with van der Waals surface area (Å²) in [6.45, 7) is 14.9. The molecule has 0 aromatic carbocycles. The first-order valence-electron chi connectivity index (χ1n) is 7.09. The number of aliphatic hydroxyl groups is 1. The lowest BCUT2D eigenvalue weighted by atomic mass is 9.80. The van der Waals surface area contributed by atoms with Crippen LogP contribution in [0, 0.1) is 5.41 Å². The van der Waals surface area contributed by atoms with E-state index in [9.17, 15) is 5.11 Å². The largest absolute Gasteiger partial charge is 0.504 e. The molecule has 1 N–H and O–H groups in total. The van der Waals surface area contributed by atoms with Crippen LogP contribution in [0.25, 0.3) is 0 Å². The quantitative estimate of drug-likeness (QED) is 0.707. The summed E-state index contributed by atoms with van der Waals surface area (Å²) in [6.07, 6.45) is 0. The van der Waals surface area contributed by atoms with Crippen LogP contribution in [0.4, 0.5) is 0 Å². The first kappa shape index (κ1) is 13.2. The molecule has 0 spiro atoms. The molecule has 0 aromatic rings. The number of amidine groups is 1. The van der Waals surface area contributed by atoms with Crippen molar-refractivity contribution in [1.29, 1.82) is 0 Å². The average molecular weight is 270 g/mol. The number of hydrogen-bond donors (Lipinski definition) is 1. The van der Waals surface area contributed by atoms with E-state index in [1.807, 2.05) is 13.8 Å². The molecule has 3 heterocycles. The van der Waals surface area contributed by atoms with E-state index in [1.54, 1.807) is 0 Å². The second-order valence-electron chi connectivity index (χ2n) is 6.53. The highest BCUT2D eigenvalue weighted by Crippen LogP contribution is 2.54. The van der Waals surface area contributed by atoms with Gasteiger partial charge in [-0.25, -0.2) is 4.99 Å². The Kier molecular flexibility index (Phi) is 2.42. The van der Waals surface area contributed by atoms with E-state index in [-0.39, 0.29) is 5.41 Å². The molecular weight excluding hydrogens is 248 g/mol. The van der Waals surface area contributed by atoms with Crippen molar-refractivity contribution < 1.29 is 5.11 Å². The van der Waals surface area contributed by atoms with Crippen molar-refractivity contribution in [2.24, 2.45) is 10.4 Å². The molecule has 0 amide bonds. The number of rotatable bonds is 0. The van der Waals surface area contributed by atoms with Gasteiger partial charge in [-0.15, -0.1) is 0 Å². The van der Waals surface area contributed by atoms with Crippen LogP contribution in [0.5, 0.6) is 0 Å². The molecule has 0 saturated carbocycles. The Labute approximate surface area is 120 Å². The van der Waals surface area contributed by atoms with Crippen LogP contribution in [0.2, 0.25) is 0 Å². The lowest BCUT2D eigenvalue weighted by molar-refractivity contribution is 0.401. The predicted octanol–water partition coefficient (Wildman–Crippen LogP) is 4.43. The monoisotopic (exact) mass is 270 g/mol. The molecule has 106 valence electrons. The molecule has 3 aliphatic rings. The van der Waals surface area contributed by atoms with E-state index in [0.29, 0.717) is 11.6 Å². The van der Waals surface area contributed by atoms with Crippen molar-refractivity contribution in [3.05, 3.63) is 45.1 Å². The molecule has 3 aliphatic heterocycles. The van der Waals surface area contributed by atoms with E-state index in [0.717, 1.165) is 16.8 Å². The van der Waals surface area contributed by atoms with E-state index >= 15 is 0 Å². The molecule has 0 fully saturated rings. The Bertz CT molecular complexity index is 697. The molecule has 0 saturated heterocycles. The fraction of sp³-hybridized carbons (Fsp3) is 0.471. The molecule has 3 heteroatoms. The third-order valence-corrected chi connectivity index (χ3v) is 5.20. The van der Waals surface area contributed by atoms with Crippen molar-refractivity contribution in [2.75, 3.05) is 0 Å². The third kappa shape index (κ3) is 1.28. The molecule has 20 heavy (non-hydrogen) atoms. The summed E-state index contributed by atoms with van der Waals surface area (Å²) in [5.74, 6) is 0.993. The Morgan fingerprint density at radius 2 is 1.55 bits per heavy atom.